The Kier molecular flexibility index (Phi) is 7.49. The summed E-state index contributed by atoms with van der Waals surface area (Å²) in [6, 6.07) is 14.7. The van der Waals surface area contributed by atoms with Crippen molar-refractivity contribution in [3.05, 3.63) is 54.1 Å². The van der Waals surface area contributed by atoms with Crippen molar-refractivity contribution in [1.29, 1.82) is 0 Å². The Morgan fingerprint density at radius 1 is 1.00 bits per heavy atom. The van der Waals surface area contributed by atoms with Gasteiger partial charge in [0.05, 0.1) is 13.7 Å². The number of urea groups is 1. The van der Waals surface area contributed by atoms with Crippen molar-refractivity contribution in [3.63, 3.8) is 0 Å². The molecule has 0 fully saturated rings. The van der Waals surface area contributed by atoms with Crippen molar-refractivity contribution in [2.75, 3.05) is 44.5 Å². The molecule has 0 aliphatic rings. The van der Waals surface area contributed by atoms with E-state index in [0.717, 1.165) is 17.0 Å². The third-order valence-electron chi connectivity index (χ3n) is 3.95. The zero-order valence-electron chi connectivity index (χ0n) is 15.9. The van der Waals surface area contributed by atoms with E-state index >= 15 is 0 Å². The number of ether oxygens (including phenoxy) is 1. The van der Waals surface area contributed by atoms with Crippen LogP contribution in [0.1, 0.15) is 5.56 Å². The first-order chi connectivity index (χ1) is 13.0. The van der Waals surface area contributed by atoms with Gasteiger partial charge in [0.25, 0.3) is 0 Å². The fourth-order valence-electron chi connectivity index (χ4n) is 2.49. The lowest BCUT2D eigenvalue weighted by molar-refractivity contribution is -0.115. The average Bonchev–Trinajstić information content (AvgIpc) is 2.67. The third-order valence-corrected chi connectivity index (χ3v) is 3.95. The number of benzene rings is 2. The first-order valence-corrected chi connectivity index (χ1v) is 8.70. The minimum Gasteiger partial charge on any atom is -0.496 e. The summed E-state index contributed by atoms with van der Waals surface area (Å²) in [7, 11) is 5.51. The first-order valence-electron chi connectivity index (χ1n) is 8.70. The number of nitrogens with one attached hydrogen (secondary N) is 3. The molecule has 0 saturated heterocycles. The standard InChI is InChI=1S/C20H26N4O3/c1-24(2)17-10-8-16(9-11-17)23-19(25)14-22-20(26)21-13-12-15-6-4-5-7-18(15)27-3/h4-11H,12-14H2,1-3H3,(H,23,25)(H2,21,22,26). The predicted molar refractivity (Wildman–Crippen MR) is 107 cm³/mol. The summed E-state index contributed by atoms with van der Waals surface area (Å²) in [5.74, 6) is 0.506. The van der Waals surface area contributed by atoms with Gasteiger partial charge in [0.1, 0.15) is 5.75 Å². The molecular formula is C20H26N4O3. The van der Waals surface area contributed by atoms with Crippen LogP contribution in [0.5, 0.6) is 5.75 Å². The Hall–Kier alpha value is -3.22. The number of carbonyl (C=O) groups is 2. The zero-order valence-corrected chi connectivity index (χ0v) is 15.9. The van der Waals surface area contributed by atoms with Gasteiger partial charge in [0.2, 0.25) is 5.91 Å². The molecule has 0 bridgehead atoms. The van der Waals surface area contributed by atoms with Gasteiger partial charge in [-0.05, 0) is 42.3 Å². The number of anilines is 2. The first kappa shape index (κ1) is 20.1. The highest BCUT2D eigenvalue weighted by Gasteiger charge is 2.07. The Labute approximate surface area is 159 Å². The molecule has 0 spiro atoms. The minimum absolute atomic E-state index is 0.101. The van der Waals surface area contributed by atoms with Crippen LogP contribution in [0.15, 0.2) is 48.5 Å². The van der Waals surface area contributed by atoms with E-state index in [0.29, 0.717) is 18.7 Å². The highest BCUT2D eigenvalue weighted by Crippen LogP contribution is 2.17. The maximum absolute atomic E-state index is 11.9. The van der Waals surface area contributed by atoms with E-state index in [4.69, 9.17) is 4.74 Å². The Balaban J connectivity index is 1.69. The second-order valence-corrected chi connectivity index (χ2v) is 6.16. The molecule has 144 valence electrons. The van der Waals surface area contributed by atoms with Crippen molar-refractivity contribution in [3.8, 4) is 5.75 Å². The van der Waals surface area contributed by atoms with Gasteiger partial charge >= 0.3 is 6.03 Å². The van der Waals surface area contributed by atoms with E-state index in [-0.39, 0.29) is 18.5 Å². The summed E-state index contributed by atoms with van der Waals surface area (Å²) in [6.07, 6.45) is 0.641. The molecule has 0 saturated carbocycles. The van der Waals surface area contributed by atoms with Gasteiger partial charge < -0.3 is 25.6 Å². The zero-order chi connectivity index (χ0) is 19.6. The van der Waals surface area contributed by atoms with E-state index in [2.05, 4.69) is 16.0 Å². The van der Waals surface area contributed by atoms with Gasteiger partial charge in [-0.3, -0.25) is 4.79 Å². The summed E-state index contributed by atoms with van der Waals surface area (Å²) in [4.78, 5) is 25.7. The molecule has 0 heterocycles. The van der Waals surface area contributed by atoms with Crippen LogP contribution in [-0.4, -0.2) is 46.2 Å². The van der Waals surface area contributed by atoms with Crippen LogP contribution in [0.4, 0.5) is 16.2 Å². The number of hydrogen-bond donors (Lipinski definition) is 3. The predicted octanol–water partition coefficient (Wildman–Crippen LogP) is 2.24. The van der Waals surface area contributed by atoms with Crippen molar-refractivity contribution in [2.45, 2.75) is 6.42 Å². The molecule has 0 radical (unpaired) electrons. The highest BCUT2D eigenvalue weighted by atomic mass is 16.5. The normalized spacial score (nSPS) is 10.0. The molecular weight excluding hydrogens is 344 g/mol. The molecule has 0 unspecified atom stereocenters. The number of nitrogens with zero attached hydrogens (tertiary/aromatic N) is 1. The molecule has 27 heavy (non-hydrogen) atoms. The molecule has 7 nitrogen and oxygen atoms in total. The highest BCUT2D eigenvalue weighted by molar-refractivity contribution is 5.94. The van der Waals surface area contributed by atoms with Crippen molar-refractivity contribution in [2.24, 2.45) is 0 Å². The number of methoxy groups -OCH3 is 1. The summed E-state index contributed by atoms with van der Waals surface area (Å²) in [6.45, 7) is 0.343. The number of hydrogen-bond acceptors (Lipinski definition) is 4. The van der Waals surface area contributed by atoms with Gasteiger partial charge in [-0.25, -0.2) is 4.79 Å². The van der Waals surface area contributed by atoms with Crippen molar-refractivity contribution in [1.82, 2.24) is 10.6 Å². The van der Waals surface area contributed by atoms with E-state index in [1.54, 1.807) is 7.11 Å². The monoisotopic (exact) mass is 370 g/mol. The van der Waals surface area contributed by atoms with Crippen molar-refractivity contribution < 1.29 is 14.3 Å². The largest absolute Gasteiger partial charge is 0.496 e. The third kappa shape index (κ3) is 6.54. The molecule has 3 amide bonds. The number of rotatable bonds is 8. The molecule has 0 aromatic heterocycles. The molecule has 2 aromatic rings. The quantitative estimate of drug-likeness (QED) is 0.666. The van der Waals surface area contributed by atoms with E-state index in [1.165, 1.54) is 0 Å². The van der Waals surface area contributed by atoms with Gasteiger partial charge in [0, 0.05) is 32.0 Å². The number of para-hydroxylation sites is 1. The molecule has 0 atom stereocenters. The second-order valence-electron chi connectivity index (χ2n) is 6.16. The Morgan fingerprint density at radius 3 is 2.37 bits per heavy atom. The fraction of sp³-hybridized carbons (Fsp3) is 0.300. The van der Waals surface area contributed by atoms with Crippen LogP contribution >= 0.6 is 0 Å². The van der Waals surface area contributed by atoms with Crippen molar-refractivity contribution >= 4 is 23.3 Å². The minimum atomic E-state index is -0.386. The molecule has 2 aromatic carbocycles. The lowest BCUT2D eigenvalue weighted by atomic mass is 10.1. The van der Waals surface area contributed by atoms with Crippen LogP contribution < -0.4 is 25.6 Å². The van der Waals surface area contributed by atoms with Crippen LogP contribution in [0.3, 0.4) is 0 Å². The van der Waals surface area contributed by atoms with E-state index in [9.17, 15) is 9.59 Å². The maximum atomic E-state index is 11.9. The SMILES string of the molecule is COc1ccccc1CCNC(=O)NCC(=O)Nc1ccc(N(C)C)cc1. The van der Waals surface area contributed by atoms with E-state index in [1.807, 2.05) is 67.5 Å². The lowest BCUT2D eigenvalue weighted by Crippen LogP contribution is -2.40. The smallest absolute Gasteiger partial charge is 0.315 e. The number of amides is 3. The van der Waals surface area contributed by atoms with Crippen LogP contribution in [0.2, 0.25) is 0 Å². The Morgan fingerprint density at radius 2 is 1.70 bits per heavy atom. The summed E-state index contributed by atoms with van der Waals surface area (Å²) in [5, 5.41) is 8.02. The topological polar surface area (TPSA) is 82.7 Å². The van der Waals surface area contributed by atoms with Gasteiger partial charge in [-0.2, -0.15) is 0 Å². The van der Waals surface area contributed by atoms with Crippen LogP contribution in [0.25, 0.3) is 0 Å². The molecule has 0 aliphatic carbocycles. The lowest BCUT2D eigenvalue weighted by Gasteiger charge is -2.13. The summed E-state index contributed by atoms with van der Waals surface area (Å²) in [5.41, 5.74) is 2.74. The van der Waals surface area contributed by atoms with Crippen LogP contribution in [-0.2, 0) is 11.2 Å². The fourth-order valence-corrected chi connectivity index (χ4v) is 2.49. The molecule has 2 rings (SSSR count). The van der Waals surface area contributed by atoms with E-state index < -0.39 is 0 Å². The Bertz CT molecular complexity index is 760. The van der Waals surface area contributed by atoms with Gasteiger partial charge in [0.15, 0.2) is 0 Å². The van der Waals surface area contributed by atoms with Crippen LogP contribution in [0, 0.1) is 0 Å². The second kappa shape index (κ2) is 10.1. The summed E-state index contributed by atoms with van der Waals surface area (Å²) >= 11 is 0. The maximum Gasteiger partial charge on any atom is 0.315 e. The number of carbonyl (C=O) groups excluding carboxylic acids is 2. The summed E-state index contributed by atoms with van der Waals surface area (Å²) < 4.78 is 5.27. The average molecular weight is 370 g/mol. The molecule has 3 N–H and O–H groups in total. The molecule has 0 aliphatic heterocycles. The van der Waals surface area contributed by atoms with Gasteiger partial charge in [-0.15, -0.1) is 0 Å². The van der Waals surface area contributed by atoms with Gasteiger partial charge in [-0.1, -0.05) is 18.2 Å². The molecule has 7 heteroatoms.